The number of carbonyl (C=O) groups excluding carboxylic acids is 2. The minimum absolute atomic E-state index is 0.0303. The van der Waals surface area contributed by atoms with E-state index in [1.807, 2.05) is 70.2 Å². The quantitative estimate of drug-likeness (QED) is 0.221. The zero-order valence-electron chi connectivity index (χ0n) is 28.6. The largest absolute Gasteiger partial charge is 0.493 e. The predicted molar refractivity (Wildman–Crippen MR) is 184 cm³/mol. The molecular formula is C37H47F3N4O4. The third kappa shape index (κ3) is 10.2. The first kappa shape index (κ1) is 37.9. The smallest absolute Gasteiger partial charge is 0.416 e. The molecule has 8 nitrogen and oxygen atoms in total. The van der Waals surface area contributed by atoms with E-state index >= 15 is 0 Å². The van der Waals surface area contributed by atoms with Gasteiger partial charge in [-0.05, 0) is 75.6 Å². The summed E-state index contributed by atoms with van der Waals surface area (Å²) in [5.41, 5.74) is 1.28. The van der Waals surface area contributed by atoms with Crippen LogP contribution < -0.4 is 20.1 Å². The Kier molecular flexibility index (Phi) is 14.3. The average Bonchev–Trinajstić information content (AvgIpc) is 3.08. The van der Waals surface area contributed by atoms with Crippen LogP contribution in [0.25, 0.3) is 11.1 Å². The van der Waals surface area contributed by atoms with Gasteiger partial charge in [0.05, 0.1) is 31.4 Å². The van der Waals surface area contributed by atoms with Gasteiger partial charge in [0.1, 0.15) is 0 Å². The van der Waals surface area contributed by atoms with Crippen LogP contribution in [-0.2, 0) is 11.0 Å². The van der Waals surface area contributed by atoms with Crippen molar-refractivity contribution in [3.8, 4) is 22.6 Å². The normalized spacial score (nSPS) is 16.0. The Labute approximate surface area is 282 Å². The number of amides is 2. The molecule has 1 fully saturated rings. The molecule has 2 atom stereocenters. The molecule has 3 rings (SSSR count). The number of carbonyl (C=O) groups is 2. The zero-order valence-corrected chi connectivity index (χ0v) is 28.6. The number of piperazine rings is 1. The van der Waals surface area contributed by atoms with E-state index in [0.29, 0.717) is 35.6 Å². The minimum atomic E-state index is -4.48. The molecule has 0 aromatic heterocycles. The van der Waals surface area contributed by atoms with E-state index in [-0.39, 0.29) is 23.6 Å². The molecule has 0 bridgehead atoms. The fourth-order valence-corrected chi connectivity index (χ4v) is 5.51. The third-order valence-electron chi connectivity index (χ3n) is 8.07. The Bertz CT molecular complexity index is 1490. The molecule has 1 saturated heterocycles. The molecule has 2 amide bonds. The molecule has 0 radical (unpaired) electrons. The van der Waals surface area contributed by atoms with E-state index in [0.717, 1.165) is 44.0 Å². The summed E-state index contributed by atoms with van der Waals surface area (Å²) in [5, 5.41) is 5.94. The number of alkyl halides is 3. The van der Waals surface area contributed by atoms with E-state index in [9.17, 15) is 22.8 Å². The van der Waals surface area contributed by atoms with Crippen molar-refractivity contribution >= 4 is 11.8 Å². The van der Waals surface area contributed by atoms with E-state index in [4.69, 9.17) is 9.47 Å². The van der Waals surface area contributed by atoms with Gasteiger partial charge < -0.3 is 25.0 Å². The van der Waals surface area contributed by atoms with Crippen molar-refractivity contribution in [1.82, 2.24) is 20.4 Å². The van der Waals surface area contributed by atoms with Gasteiger partial charge in [0.25, 0.3) is 5.91 Å². The molecule has 2 unspecified atom stereocenters. The van der Waals surface area contributed by atoms with Gasteiger partial charge in [0, 0.05) is 44.5 Å². The summed E-state index contributed by atoms with van der Waals surface area (Å²) in [5.74, 6) is 0.276. The van der Waals surface area contributed by atoms with Crippen LogP contribution in [0.3, 0.4) is 0 Å². The van der Waals surface area contributed by atoms with Crippen LogP contribution in [0, 0.1) is 0 Å². The molecule has 0 aliphatic carbocycles. The molecular weight excluding hydrogens is 621 g/mol. The summed E-state index contributed by atoms with van der Waals surface area (Å²) < 4.78 is 50.4. The topological polar surface area (TPSA) is 83.1 Å². The number of benzene rings is 2. The molecule has 2 aromatic rings. The molecule has 1 aliphatic rings. The highest BCUT2D eigenvalue weighted by Gasteiger charge is 2.31. The van der Waals surface area contributed by atoms with Crippen LogP contribution >= 0.6 is 0 Å². The van der Waals surface area contributed by atoms with Crippen LogP contribution in [0.1, 0.15) is 50.0 Å². The second-order valence-electron chi connectivity index (χ2n) is 11.3. The lowest BCUT2D eigenvalue weighted by Gasteiger charge is -2.39. The van der Waals surface area contributed by atoms with Gasteiger partial charge in [-0.25, -0.2) is 0 Å². The highest BCUT2D eigenvalue weighted by molar-refractivity contribution is 6.02. The summed E-state index contributed by atoms with van der Waals surface area (Å²) in [6.07, 6.45) is 9.91. The average molecular weight is 669 g/mol. The van der Waals surface area contributed by atoms with Gasteiger partial charge >= 0.3 is 6.18 Å². The number of allylic oxidation sites excluding steroid dienone is 5. The van der Waals surface area contributed by atoms with Gasteiger partial charge in [-0.1, -0.05) is 48.6 Å². The number of ether oxygens (including phenoxy) is 2. The first-order chi connectivity index (χ1) is 23.0. The lowest BCUT2D eigenvalue weighted by Crippen LogP contribution is -2.54. The fraction of sp³-hybridized carbons (Fsp3) is 0.405. The van der Waals surface area contributed by atoms with Gasteiger partial charge in [-0.2, -0.15) is 13.2 Å². The van der Waals surface area contributed by atoms with Gasteiger partial charge in [0.15, 0.2) is 11.5 Å². The van der Waals surface area contributed by atoms with E-state index in [1.165, 1.54) is 32.4 Å². The molecule has 48 heavy (non-hydrogen) atoms. The SMILES string of the molecule is C/C=C\C=C/CC(C(=O)NCC)N1CCN(C(/C=C\C(C)NC(=O)c2cc(OC)c(OC)cc2-c2ccc(C(F)(F)F)cc2)=C/C)CC1. The third-order valence-corrected chi connectivity index (χ3v) is 8.07. The van der Waals surface area contributed by atoms with Crippen LogP contribution in [0.4, 0.5) is 13.2 Å². The first-order valence-electron chi connectivity index (χ1n) is 16.1. The van der Waals surface area contributed by atoms with Gasteiger partial charge in [0.2, 0.25) is 5.91 Å². The molecule has 2 N–H and O–H groups in total. The number of methoxy groups -OCH3 is 2. The Morgan fingerprint density at radius 2 is 1.62 bits per heavy atom. The van der Waals surface area contributed by atoms with Crippen LogP contribution in [0.2, 0.25) is 0 Å². The van der Waals surface area contributed by atoms with Crippen molar-refractivity contribution < 1.29 is 32.2 Å². The lowest BCUT2D eigenvalue weighted by atomic mass is 9.97. The van der Waals surface area contributed by atoms with Crippen LogP contribution in [0.5, 0.6) is 11.5 Å². The predicted octanol–water partition coefficient (Wildman–Crippen LogP) is 6.61. The second kappa shape index (κ2) is 18.1. The van der Waals surface area contributed by atoms with Gasteiger partial charge in [-0.15, -0.1) is 0 Å². The summed E-state index contributed by atoms with van der Waals surface area (Å²) in [7, 11) is 2.90. The molecule has 260 valence electrons. The van der Waals surface area contributed by atoms with E-state index < -0.39 is 17.6 Å². The molecule has 0 spiro atoms. The van der Waals surface area contributed by atoms with Crippen molar-refractivity contribution in [2.24, 2.45) is 0 Å². The summed E-state index contributed by atoms with van der Waals surface area (Å²) in [4.78, 5) is 30.9. The summed E-state index contributed by atoms with van der Waals surface area (Å²) in [6.45, 7) is 11.2. The molecule has 0 saturated carbocycles. The first-order valence-corrected chi connectivity index (χ1v) is 16.1. The minimum Gasteiger partial charge on any atom is -0.493 e. The number of likely N-dealkylation sites (N-methyl/N-ethyl adjacent to an activating group) is 1. The van der Waals surface area contributed by atoms with E-state index in [1.54, 1.807) is 6.07 Å². The Morgan fingerprint density at radius 3 is 2.19 bits per heavy atom. The van der Waals surface area contributed by atoms with Crippen molar-refractivity contribution in [1.29, 1.82) is 0 Å². The Balaban J connectivity index is 1.72. The molecule has 11 heteroatoms. The molecule has 1 aliphatic heterocycles. The number of hydrogen-bond donors (Lipinski definition) is 2. The maximum absolute atomic E-state index is 13.6. The van der Waals surface area contributed by atoms with Crippen LogP contribution in [0.15, 0.2) is 84.6 Å². The fourth-order valence-electron chi connectivity index (χ4n) is 5.51. The highest BCUT2D eigenvalue weighted by Crippen LogP contribution is 2.37. The number of nitrogens with zero attached hydrogens (tertiary/aromatic N) is 2. The van der Waals surface area contributed by atoms with E-state index in [2.05, 4.69) is 20.4 Å². The molecule has 1 heterocycles. The second-order valence-corrected chi connectivity index (χ2v) is 11.3. The van der Waals surface area contributed by atoms with Crippen molar-refractivity contribution in [2.75, 3.05) is 46.9 Å². The maximum atomic E-state index is 13.6. The Morgan fingerprint density at radius 1 is 0.979 bits per heavy atom. The zero-order chi connectivity index (χ0) is 35.3. The maximum Gasteiger partial charge on any atom is 0.416 e. The number of nitrogens with one attached hydrogen (secondary N) is 2. The lowest BCUT2D eigenvalue weighted by molar-refractivity contribution is -0.137. The number of rotatable bonds is 14. The van der Waals surface area contributed by atoms with Gasteiger partial charge in [-0.3, -0.25) is 14.5 Å². The standard InChI is InChI=1S/C37H47F3N4O4/c1-7-10-11-12-13-32(36(46)41-9-3)44-22-20-43(21-23-44)29(8-2)19-14-26(4)42-35(45)31-25-34(48-6)33(47-5)24-30(31)27-15-17-28(18-16-27)37(38,39)40/h7-8,10-12,14-19,24-26,32H,9,13,20-23H2,1-6H3,(H,41,46)(H,42,45)/b10-7-,12-11-,19-14-,29-8+. The Hall–Kier alpha value is -4.51. The number of halogens is 3. The van der Waals surface area contributed by atoms with Crippen molar-refractivity contribution in [3.63, 3.8) is 0 Å². The van der Waals surface area contributed by atoms with Crippen LogP contribution in [-0.4, -0.2) is 80.6 Å². The van der Waals surface area contributed by atoms with Crippen molar-refractivity contribution in [3.05, 3.63) is 95.8 Å². The highest BCUT2D eigenvalue weighted by atomic mass is 19.4. The summed E-state index contributed by atoms with van der Waals surface area (Å²) in [6, 6.07) is 7.13. The summed E-state index contributed by atoms with van der Waals surface area (Å²) >= 11 is 0. The van der Waals surface area contributed by atoms with Crippen molar-refractivity contribution in [2.45, 2.75) is 52.4 Å². The molecule has 2 aromatic carbocycles. The monoisotopic (exact) mass is 668 g/mol. The number of hydrogen-bond acceptors (Lipinski definition) is 6.